The second-order valence-corrected chi connectivity index (χ2v) is 4.42. The van der Waals surface area contributed by atoms with Crippen LogP contribution in [0.2, 0.25) is 5.02 Å². The number of alkyl halides is 1. The SMILES string of the molecule is O=C(NCCCCCCl)c1ccc(F)c(Cl)c1. The van der Waals surface area contributed by atoms with Gasteiger partial charge in [-0.15, -0.1) is 11.6 Å². The first-order valence-corrected chi connectivity index (χ1v) is 6.35. The Balaban J connectivity index is 2.39. The Morgan fingerprint density at radius 3 is 2.71 bits per heavy atom. The molecule has 0 unspecified atom stereocenters. The summed E-state index contributed by atoms with van der Waals surface area (Å²) in [6.07, 6.45) is 2.81. The van der Waals surface area contributed by atoms with Crippen LogP contribution in [-0.4, -0.2) is 18.3 Å². The van der Waals surface area contributed by atoms with Crippen LogP contribution in [0.5, 0.6) is 0 Å². The molecule has 1 aromatic carbocycles. The van der Waals surface area contributed by atoms with E-state index in [0.717, 1.165) is 19.3 Å². The van der Waals surface area contributed by atoms with E-state index in [1.807, 2.05) is 0 Å². The number of nitrogens with one attached hydrogen (secondary N) is 1. The number of halogens is 3. The fourth-order valence-corrected chi connectivity index (χ4v) is 1.71. The second-order valence-electron chi connectivity index (χ2n) is 3.63. The van der Waals surface area contributed by atoms with Crippen molar-refractivity contribution < 1.29 is 9.18 Å². The van der Waals surface area contributed by atoms with Gasteiger partial charge in [0, 0.05) is 18.0 Å². The van der Waals surface area contributed by atoms with E-state index in [1.165, 1.54) is 18.2 Å². The maximum absolute atomic E-state index is 12.9. The molecule has 0 aromatic heterocycles. The maximum atomic E-state index is 12.9. The second kappa shape index (κ2) is 7.51. The lowest BCUT2D eigenvalue weighted by Gasteiger charge is -2.05. The zero-order valence-electron chi connectivity index (χ0n) is 9.31. The van der Waals surface area contributed by atoms with Gasteiger partial charge in [0.1, 0.15) is 5.82 Å². The smallest absolute Gasteiger partial charge is 0.251 e. The average Bonchev–Trinajstić information content (AvgIpc) is 2.32. The van der Waals surface area contributed by atoms with Gasteiger partial charge in [-0.05, 0) is 31.0 Å². The fourth-order valence-electron chi connectivity index (χ4n) is 1.34. The van der Waals surface area contributed by atoms with E-state index >= 15 is 0 Å². The van der Waals surface area contributed by atoms with Crippen LogP contribution in [0.15, 0.2) is 18.2 Å². The van der Waals surface area contributed by atoms with Crippen molar-refractivity contribution in [3.05, 3.63) is 34.6 Å². The van der Waals surface area contributed by atoms with Crippen LogP contribution in [0, 0.1) is 5.82 Å². The number of unbranched alkanes of at least 4 members (excludes halogenated alkanes) is 2. The molecule has 0 aliphatic carbocycles. The summed E-state index contributed by atoms with van der Waals surface area (Å²) in [7, 11) is 0. The van der Waals surface area contributed by atoms with Gasteiger partial charge in [0.25, 0.3) is 5.91 Å². The first-order valence-electron chi connectivity index (χ1n) is 5.44. The quantitative estimate of drug-likeness (QED) is 0.625. The predicted octanol–water partition coefficient (Wildman–Crippen LogP) is 3.62. The highest BCUT2D eigenvalue weighted by molar-refractivity contribution is 6.31. The molecule has 0 heterocycles. The maximum Gasteiger partial charge on any atom is 0.251 e. The zero-order valence-corrected chi connectivity index (χ0v) is 10.8. The number of benzene rings is 1. The minimum Gasteiger partial charge on any atom is -0.352 e. The van der Waals surface area contributed by atoms with Gasteiger partial charge in [-0.2, -0.15) is 0 Å². The molecule has 2 nitrogen and oxygen atoms in total. The molecule has 0 saturated carbocycles. The number of hydrogen-bond donors (Lipinski definition) is 1. The summed E-state index contributed by atoms with van der Waals surface area (Å²) in [5, 5.41) is 2.70. The van der Waals surface area contributed by atoms with Crippen LogP contribution in [0.4, 0.5) is 4.39 Å². The molecule has 0 aliphatic rings. The van der Waals surface area contributed by atoms with Crippen molar-refractivity contribution in [3.63, 3.8) is 0 Å². The molecule has 0 fully saturated rings. The Morgan fingerprint density at radius 2 is 2.06 bits per heavy atom. The normalized spacial score (nSPS) is 10.3. The lowest BCUT2D eigenvalue weighted by atomic mass is 10.2. The standard InChI is InChI=1S/C12H14Cl2FNO/c13-6-2-1-3-7-16-12(17)9-4-5-11(15)10(14)8-9/h4-5,8H,1-3,6-7H2,(H,16,17). The molecule has 17 heavy (non-hydrogen) atoms. The van der Waals surface area contributed by atoms with Crippen LogP contribution in [0.1, 0.15) is 29.6 Å². The van der Waals surface area contributed by atoms with E-state index < -0.39 is 5.82 Å². The van der Waals surface area contributed by atoms with Gasteiger partial charge in [0.2, 0.25) is 0 Å². The molecule has 94 valence electrons. The molecular formula is C12H14Cl2FNO. The van der Waals surface area contributed by atoms with Crippen molar-refractivity contribution in [2.75, 3.05) is 12.4 Å². The Morgan fingerprint density at radius 1 is 1.29 bits per heavy atom. The highest BCUT2D eigenvalue weighted by Gasteiger charge is 2.07. The number of rotatable bonds is 6. The molecule has 1 amide bonds. The third kappa shape index (κ3) is 4.92. The summed E-state index contributed by atoms with van der Waals surface area (Å²) in [5.74, 6) is -0.121. The Kier molecular flexibility index (Phi) is 6.30. The fraction of sp³-hybridized carbons (Fsp3) is 0.417. The van der Waals surface area contributed by atoms with Crippen molar-refractivity contribution in [1.82, 2.24) is 5.32 Å². The third-order valence-corrected chi connectivity index (χ3v) is 2.83. The molecule has 1 aromatic rings. The number of amides is 1. The summed E-state index contributed by atoms with van der Waals surface area (Å²) < 4.78 is 12.9. The zero-order chi connectivity index (χ0) is 12.7. The van der Waals surface area contributed by atoms with Gasteiger partial charge in [0.05, 0.1) is 5.02 Å². The largest absolute Gasteiger partial charge is 0.352 e. The molecule has 0 radical (unpaired) electrons. The Hall–Kier alpha value is -0.800. The first-order chi connectivity index (χ1) is 8.15. The molecule has 0 atom stereocenters. The highest BCUT2D eigenvalue weighted by atomic mass is 35.5. The van der Waals surface area contributed by atoms with Crippen LogP contribution in [0.25, 0.3) is 0 Å². The van der Waals surface area contributed by atoms with Gasteiger partial charge < -0.3 is 5.32 Å². The summed E-state index contributed by atoms with van der Waals surface area (Å²) in [5.41, 5.74) is 0.369. The molecular weight excluding hydrogens is 264 g/mol. The van der Waals surface area contributed by atoms with Crippen LogP contribution >= 0.6 is 23.2 Å². The van der Waals surface area contributed by atoms with Gasteiger partial charge in [0.15, 0.2) is 0 Å². The highest BCUT2D eigenvalue weighted by Crippen LogP contribution is 2.15. The number of hydrogen-bond acceptors (Lipinski definition) is 1. The summed E-state index contributed by atoms with van der Waals surface area (Å²) in [6, 6.07) is 3.92. The van der Waals surface area contributed by atoms with Crippen molar-refractivity contribution in [2.45, 2.75) is 19.3 Å². The minimum atomic E-state index is -0.523. The summed E-state index contributed by atoms with van der Waals surface area (Å²) in [4.78, 5) is 11.6. The van der Waals surface area contributed by atoms with E-state index in [1.54, 1.807) is 0 Å². The summed E-state index contributed by atoms with van der Waals surface area (Å²) >= 11 is 11.1. The van der Waals surface area contributed by atoms with Gasteiger partial charge >= 0.3 is 0 Å². The molecule has 0 aliphatic heterocycles. The topological polar surface area (TPSA) is 29.1 Å². The van der Waals surface area contributed by atoms with E-state index in [2.05, 4.69) is 5.32 Å². The predicted molar refractivity (Wildman–Crippen MR) is 68.3 cm³/mol. The van der Waals surface area contributed by atoms with Crippen LogP contribution in [-0.2, 0) is 0 Å². The van der Waals surface area contributed by atoms with E-state index in [-0.39, 0.29) is 10.9 Å². The molecule has 0 bridgehead atoms. The molecule has 1 N–H and O–H groups in total. The molecule has 5 heteroatoms. The lowest BCUT2D eigenvalue weighted by Crippen LogP contribution is -2.24. The van der Waals surface area contributed by atoms with Crippen LogP contribution in [0.3, 0.4) is 0 Å². The first kappa shape index (κ1) is 14.3. The monoisotopic (exact) mass is 277 g/mol. The van der Waals surface area contributed by atoms with Crippen LogP contribution < -0.4 is 5.32 Å². The molecule has 0 spiro atoms. The number of carbonyl (C=O) groups excluding carboxylic acids is 1. The van der Waals surface area contributed by atoms with Gasteiger partial charge in [-0.1, -0.05) is 18.0 Å². The minimum absolute atomic E-state index is 0.0419. The average molecular weight is 278 g/mol. The molecule has 0 saturated heterocycles. The third-order valence-electron chi connectivity index (χ3n) is 2.28. The number of carbonyl (C=O) groups is 1. The van der Waals surface area contributed by atoms with Gasteiger partial charge in [-0.25, -0.2) is 4.39 Å². The Labute approximate surface area is 110 Å². The van der Waals surface area contributed by atoms with Crippen molar-refractivity contribution in [1.29, 1.82) is 0 Å². The summed E-state index contributed by atoms with van der Waals surface area (Å²) in [6.45, 7) is 0.588. The van der Waals surface area contributed by atoms with E-state index in [0.29, 0.717) is 18.0 Å². The van der Waals surface area contributed by atoms with E-state index in [4.69, 9.17) is 23.2 Å². The van der Waals surface area contributed by atoms with E-state index in [9.17, 15) is 9.18 Å². The molecule has 1 rings (SSSR count). The lowest BCUT2D eigenvalue weighted by molar-refractivity contribution is 0.0953. The van der Waals surface area contributed by atoms with Crippen molar-refractivity contribution >= 4 is 29.1 Å². The van der Waals surface area contributed by atoms with Gasteiger partial charge in [-0.3, -0.25) is 4.79 Å². The Bertz CT molecular complexity index is 385. The van der Waals surface area contributed by atoms with Crippen molar-refractivity contribution in [3.8, 4) is 0 Å². The van der Waals surface area contributed by atoms with Crippen molar-refractivity contribution in [2.24, 2.45) is 0 Å².